The molecule has 0 aliphatic carbocycles. The summed E-state index contributed by atoms with van der Waals surface area (Å²) in [6, 6.07) is 3.43. The molecule has 0 atom stereocenters. The van der Waals surface area contributed by atoms with Crippen LogP contribution in [-0.2, 0) is 26.4 Å². The maximum Gasteiger partial charge on any atom is 0.336 e. The second-order valence-electron chi connectivity index (χ2n) is 4.35. The van der Waals surface area contributed by atoms with Gasteiger partial charge in [-0.2, -0.15) is 10.2 Å². The van der Waals surface area contributed by atoms with Crippen LogP contribution in [0.1, 0.15) is 5.69 Å². The van der Waals surface area contributed by atoms with E-state index in [1.54, 1.807) is 40.1 Å². The zero-order valence-corrected chi connectivity index (χ0v) is 12.7. The highest BCUT2D eigenvalue weighted by Crippen LogP contribution is 2.51. The van der Waals surface area contributed by atoms with Crippen molar-refractivity contribution < 1.29 is 22.4 Å². The van der Waals surface area contributed by atoms with E-state index in [9.17, 15) is 13.3 Å². The monoisotopic (exact) mass is 334 g/mol. The van der Waals surface area contributed by atoms with Crippen molar-refractivity contribution >= 4 is 7.60 Å². The standard InChI is InChI=1S/C12H17F2N4O3P/c13-3-8-20-22(19,21-9-4-14)10-12-2-7-18(16-12)11-17-6-1-5-15-17/h1-2,5-7H,3-4,8-11H2. The molecule has 0 N–H and O–H groups in total. The fourth-order valence-corrected chi connectivity index (χ4v) is 3.29. The van der Waals surface area contributed by atoms with E-state index < -0.39 is 20.9 Å². The molecule has 0 saturated carbocycles. The van der Waals surface area contributed by atoms with Crippen molar-refractivity contribution in [2.24, 2.45) is 0 Å². The van der Waals surface area contributed by atoms with Crippen LogP contribution in [0.5, 0.6) is 0 Å². The molecule has 0 radical (unpaired) electrons. The number of rotatable bonds is 10. The molecular weight excluding hydrogens is 317 g/mol. The summed E-state index contributed by atoms with van der Waals surface area (Å²) in [5.74, 6) is 0. The zero-order chi connectivity index (χ0) is 15.8. The minimum absolute atomic E-state index is 0.140. The van der Waals surface area contributed by atoms with E-state index in [-0.39, 0.29) is 19.4 Å². The Bertz CT molecular complexity index is 593. The van der Waals surface area contributed by atoms with Crippen molar-refractivity contribution in [2.45, 2.75) is 12.8 Å². The molecule has 0 aromatic carbocycles. The van der Waals surface area contributed by atoms with Gasteiger partial charge in [-0.05, 0) is 12.1 Å². The molecule has 22 heavy (non-hydrogen) atoms. The smallest absolute Gasteiger partial charge is 0.306 e. The Morgan fingerprint density at radius 2 is 1.86 bits per heavy atom. The van der Waals surface area contributed by atoms with Gasteiger partial charge in [0.15, 0.2) is 0 Å². The molecule has 10 heteroatoms. The number of hydrogen-bond donors (Lipinski definition) is 0. The van der Waals surface area contributed by atoms with Crippen LogP contribution in [0.25, 0.3) is 0 Å². The molecule has 0 aliphatic heterocycles. The third-order valence-electron chi connectivity index (χ3n) is 2.63. The average Bonchev–Trinajstić information content (AvgIpc) is 3.16. The van der Waals surface area contributed by atoms with Crippen molar-refractivity contribution in [1.29, 1.82) is 0 Å². The topological polar surface area (TPSA) is 71.2 Å². The molecular formula is C12H17F2N4O3P. The number of hydrogen-bond acceptors (Lipinski definition) is 5. The first kappa shape index (κ1) is 16.8. The van der Waals surface area contributed by atoms with E-state index in [0.29, 0.717) is 12.4 Å². The maximum atomic E-state index is 12.4. The van der Waals surface area contributed by atoms with Gasteiger partial charge in [0.25, 0.3) is 0 Å². The van der Waals surface area contributed by atoms with Crippen LogP contribution in [0.15, 0.2) is 30.7 Å². The van der Waals surface area contributed by atoms with Crippen molar-refractivity contribution in [1.82, 2.24) is 19.6 Å². The molecule has 0 fully saturated rings. The molecule has 0 bridgehead atoms. The molecule has 2 rings (SSSR count). The summed E-state index contributed by atoms with van der Waals surface area (Å²) in [6.45, 7) is -1.92. The Hall–Kier alpha value is -1.57. The van der Waals surface area contributed by atoms with E-state index in [2.05, 4.69) is 10.2 Å². The minimum Gasteiger partial charge on any atom is -0.306 e. The zero-order valence-electron chi connectivity index (χ0n) is 11.8. The van der Waals surface area contributed by atoms with Crippen LogP contribution in [0.2, 0.25) is 0 Å². The summed E-state index contributed by atoms with van der Waals surface area (Å²) in [6.07, 6.45) is 4.97. The Morgan fingerprint density at radius 3 is 2.45 bits per heavy atom. The average molecular weight is 334 g/mol. The van der Waals surface area contributed by atoms with Crippen molar-refractivity contribution in [3.05, 3.63) is 36.4 Å². The first-order chi connectivity index (χ1) is 10.6. The largest absolute Gasteiger partial charge is 0.336 e. The fourth-order valence-electron chi connectivity index (χ4n) is 1.77. The Morgan fingerprint density at radius 1 is 1.14 bits per heavy atom. The third-order valence-corrected chi connectivity index (χ3v) is 4.49. The second kappa shape index (κ2) is 8.17. The Labute approximate surface area is 126 Å². The summed E-state index contributed by atoms with van der Waals surface area (Å²) >= 11 is 0. The van der Waals surface area contributed by atoms with Crippen LogP contribution < -0.4 is 0 Å². The van der Waals surface area contributed by atoms with Crippen molar-refractivity contribution in [2.75, 3.05) is 26.6 Å². The van der Waals surface area contributed by atoms with Crippen LogP contribution in [0.4, 0.5) is 8.78 Å². The van der Waals surface area contributed by atoms with Gasteiger partial charge in [-0.25, -0.2) is 8.78 Å². The lowest BCUT2D eigenvalue weighted by molar-refractivity contribution is 0.180. The predicted molar refractivity (Wildman–Crippen MR) is 75.0 cm³/mol. The highest BCUT2D eigenvalue weighted by Gasteiger charge is 2.26. The third kappa shape index (κ3) is 5.01. The predicted octanol–water partition coefficient (Wildman–Crippen LogP) is 2.25. The van der Waals surface area contributed by atoms with Crippen molar-refractivity contribution in [3.63, 3.8) is 0 Å². The van der Waals surface area contributed by atoms with Gasteiger partial charge >= 0.3 is 7.60 Å². The van der Waals surface area contributed by atoms with E-state index in [1.807, 2.05) is 0 Å². The van der Waals surface area contributed by atoms with Crippen molar-refractivity contribution in [3.8, 4) is 0 Å². The molecule has 0 spiro atoms. The summed E-state index contributed by atoms with van der Waals surface area (Å²) in [7, 11) is -3.61. The number of aromatic nitrogens is 4. The van der Waals surface area contributed by atoms with Crippen LogP contribution in [0, 0.1) is 0 Å². The van der Waals surface area contributed by atoms with Crippen LogP contribution in [0.3, 0.4) is 0 Å². The van der Waals surface area contributed by atoms with Gasteiger partial charge in [-0.15, -0.1) is 0 Å². The highest BCUT2D eigenvalue weighted by atomic mass is 31.2. The lowest BCUT2D eigenvalue weighted by atomic mass is 10.5. The highest BCUT2D eigenvalue weighted by molar-refractivity contribution is 7.53. The van der Waals surface area contributed by atoms with Crippen LogP contribution in [-0.4, -0.2) is 46.1 Å². The number of nitrogens with zero attached hydrogens (tertiary/aromatic N) is 4. The summed E-state index contributed by atoms with van der Waals surface area (Å²) in [5.41, 5.74) is 0.452. The molecule has 0 unspecified atom stereocenters. The molecule has 2 aromatic heterocycles. The summed E-state index contributed by atoms with van der Waals surface area (Å²) in [5, 5.41) is 8.27. The van der Waals surface area contributed by atoms with Gasteiger partial charge in [-0.1, -0.05) is 0 Å². The molecule has 2 aromatic rings. The van der Waals surface area contributed by atoms with E-state index in [4.69, 9.17) is 9.05 Å². The van der Waals surface area contributed by atoms with Gasteiger partial charge in [0.2, 0.25) is 0 Å². The minimum atomic E-state index is -3.61. The quantitative estimate of drug-likeness (QED) is 0.623. The molecule has 0 amide bonds. The maximum absolute atomic E-state index is 12.4. The normalized spacial score (nSPS) is 11.9. The summed E-state index contributed by atoms with van der Waals surface area (Å²) < 4.78 is 49.9. The number of halogens is 2. The molecule has 0 saturated heterocycles. The van der Waals surface area contributed by atoms with Gasteiger partial charge in [0.1, 0.15) is 20.0 Å². The Kier molecular flexibility index (Phi) is 6.23. The second-order valence-corrected chi connectivity index (χ2v) is 6.40. The van der Waals surface area contributed by atoms with Gasteiger partial charge in [0, 0.05) is 18.6 Å². The molecule has 122 valence electrons. The first-order valence-electron chi connectivity index (χ1n) is 6.65. The van der Waals surface area contributed by atoms with Gasteiger partial charge < -0.3 is 9.05 Å². The summed E-state index contributed by atoms with van der Waals surface area (Å²) in [4.78, 5) is 0. The molecule has 2 heterocycles. The van der Waals surface area contributed by atoms with Gasteiger partial charge in [0.05, 0.1) is 25.1 Å². The molecule has 0 aliphatic rings. The van der Waals surface area contributed by atoms with E-state index in [0.717, 1.165) is 0 Å². The van der Waals surface area contributed by atoms with E-state index >= 15 is 0 Å². The fraction of sp³-hybridized carbons (Fsp3) is 0.500. The number of alkyl halides is 2. The van der Waals surface area contributed by atoms with Gasteiger partial charge in [-0.3, -0.25) is 13.9 Å². The van der Waals surface area contributed by atoms with Crippen LogP contribution >= 0.6 is 7.60 Å². The lowest BCUT2D eigenvalue weighted by Crippen LogP contribution is -2.09. The first-order valence-corrected chi connectivity index (χ1v) is 8.38. The SMILES string of the molecule is O=P(Cc1ccn(Cn2cccn2)n1)(OCCF)OCCF. The molecule has 7 nitrogen and oxygen atoms in total. The lowest BCUT2D eigenvalue weighted by Gasteiger charge is -2.16. The van der Waals surface area contributed by atoms with E-state index in [1.165, 1.54) is 0 Å². The Balaban J connectivity index is 2.00.